The van der Waals surface area contributed by atoms with E-state index in [1.165, 1.54) is 74.0 Å². The van der Waals surface area contributed by atoms with E-state index in [1.54, 1.807) is 13.8 Å². The van der Waals surface area contributed by atoms with Crippen molar-refractivity contribution in [1.82, 2.24) is 28.9 Å². The number of aromatic nitrogens is 4. The summed E-state index contributed by atoms with van der Waals surface area (Å²) in [6.45, 7) is 12.1. The number of nitrogens with zero attached hydrogens (tertiary/aromatic N) is 6. The normalized spacial score (nSPS) is 13.6. The molecule has 1 radical (unpaired) electrons. The summed E-state index contributed by atoms with van der Waals surface area (Å²) in [5.41, 5.74) is 7.07. The maximum absolute atomic E-state index is 7.57. The minimum absolute atomic E-state index is 0. The van der Waals surface area contributed by atoms with E-state index >= 15 is 0 Å². The van der Waals surface area contributed by atoms with E-state index in [2.05, 4.69) is 91.7 Å². The van der Waals surface area contributed by atoms with Crippen LogP contribution in [0.3, 0.4) is 0 Å². The SMILES string of the molecule is CCO.CCO.Clc1ccc(Cn2c(CN3CCCC3)nc3ccccc32)cc1.Clc1ccc(Cn2c(CN3CCCC3)nc3ccccc32)cc1.[Cl-].[Cl-].[Cu+2]. The van der Waals surface area contributed by atoms with Crippen molar-refractivity contribution >= 4 is 45.3 Å². The van der Waals surface area contributed by atoms with Crippen LogP contribution in [-0.4, -0.2) is 78.5 Å². The fourth-order valence-corrected chi connectivity index (χ4v) is 6.92. The molecule has 6 aromatic rings. The molecule has 2 aliphatic rings. The van der Waals surface area contributed by atoms with E-state index in [0.29, 0.717) is 0 Å². The largest absolute Gasteiger partial charge is 2.00 e. The predicted octanol–water partition coefficient (Wildman–Crippen LogP) is 2.67. The van der Waals surface area contributed by atoms with Gasteiger partial charge in [-0.3, -0.25) is 9.80 Å². The monoisotopic (exact) mass is 875 g/mol. The van der Waals surface area contributed by atoms with E-state index in [1.807, 2.05) is 24.3 Å². The number of rotatable bonds is 8. The zero-order valence-corrected chi connectivity index (χ0v) is 35.5. The first-order chi connectivity index (χ1) is 25.4. The standard InChI is InChI=1S/2C19H20ClN3.2C2H6O.2ClH.Cu/c2*20-16-9-7-15(8-10-16)13-23-18-6-2-1-5-17(18)21-19(23)14-22-11-3-4-12-22;2*1-2-3;;;/h2*1-2,5-10H,3-4,11-14H2;2*3H,2H2,1H3;2*1H;/q;;;;;;+2/p-2. The molecule has 8 nitrogen and oxygen atoms in total. The molecular weight excluding hydrogens is 826 g/mol. The molecule has 0 unspecified atom stereocenters. The molecule has 4 aromatic carbocycles. The van der Waals surface area contributed by atoms with Gasteiger partial charge in [-0.15, -0.1) is 0 Å². The minimum Gasteiger partial charge on any atom is -1.00 e. The minimum atomic E-state index is 0. The molecule has 0 atom stereocenters. The first kappa shape index (κ1) is 48.5. The molecule has 301 valence electrons. The second kappa shape index (κ2) is 25.6. The molecule has 4 heterocycles. The molecule has 2 aliphatic heterocycles. The van der Waals surface area contributed by atoms with Crippen molar-refractivity contribution < 1.29 is 52.1 Å². The van der Waals surface area contributed by atoms with Gasteiger partial charge >= 0.3 is 17.1 Å². The third-order valence-corrected chi connectivity index (χ3v) is 9.61. The van der Waals surface area contributed by atoms with Crippen LogP contribution in [0.2, 0.25) is 10.0 Å². The van der Waals surface area contributed by atoms with Crippen LogP contribution in [-0.2, 0) is 43.2 Å². The van der Waals surface area contributed by atoms with Crippen molar-refractivity contribution in [2.24, 2.45) is 0 Å². The summed E-state index contributed by atoms with van der Waals surface area (Å²) in [5, 5.41) is 16.7. The number of aliphatic hydroxyl groups is 2. The molecule has 0 bridgehead atoms. The third kappa shape index (κ3) is 14.3. The Bertz CT molecular complexity index is 1800. The Hall–Kier alpha value is -2.66. The number of imidazole rings is 2. The van der Waals surface area contributed by atoms with Gasteiger partial charge in [-0.2, -0.15) is 0 Å². The first-order valence-electron chi connectivity index (χ1n) is 18.5. The molecule has 2 N–H and O–H groups in total. The summed E-state index contributed by atoms with van der Waals surface area (Å²) in [5.74, 6) is 2.31. The summed E-state index contributed by atoms with van der Waals surface area (Å²) in [6.07, 6.45) is 5.21. The van der Waals surface area contributed by atoms with E-state index < -0.39 is 0 Å². The van der Waals surface area contributed by atoms with Gasteiger partial charge in [0.05, 0.1) is 35.2 Å². The Balaban J connectivity index is 0.000000318. The zero-order chi connectivity index (χ0) is 36.7. The van der Waals surface area contributed by atoms with Crippen LogP contribution < -0.4 is 24.8 Å². The van der Waals surface area contributed by atoms with Gasteiger partial charge in [0.25, 0.3) is 0 Å². The molecule has 2 saturated heterocycles. The summed E-state index contributed by atoms with van der Waals surface area (Å²) in [7, 11) is 0. The molecule has 0 saturated carbocycles. The molecule has 55 heavy (non-hydrogen) atoms. The van der Waals surface area contributed by atoms with Crippen LogP contribution in [0.4, 0.5) is 0 Å². The number of fused-ring (bicyclic) bond motifs is 2. The van der Waals surface area contributed by atoms with E-state index in [-0.39, 0.29) is 55.1 Å². The zero-order valence-electron chi connectivity index (χ0n) is 31.5. The second-order valence-corrected chi connectivity index (χ2v) is 13.9. The van der Waals surface area contributed by atoms with Gasteiger partial charge in [0, 0.05) is 36.3 Å². The van der Waals surface area contributed by atoms with Gasteiger partial charge in [0.15, 0.2) is 0 Å². The summed E-state index contributed by atoms with van der Waals surface area (Å²) in [4.78, 5) is 14.8. The number of hydrogen-bond acceptors (Lipinski definition) is 6. The van der Waals surface area contributed by atoms with E-state index in [0.717, 1.165) is 58.9 Å². The van der Waals surface area contributed by atoms with Crippen molar-refractivity contribution in [3.05, 3.63) is 130 Å². The molecule has 2 fully saturated rings. The summed E-state index contributed by atoms with van der Waals surface area (Å²) >= 11 is 12.0. The summed E-state index contributed by atoms with van der Waals surface area (Å²) < 4.78 is 4.69. The van der Waals surface area contributed by atoms with Gasteiger partial charge < -0.3 is 44.2 Å². The predicted molar refractivity (Wildman–Crippen MR) is 215 cm³/mol. The van der Waals surface area contributed by atoms with E-state index in [9.17, 15) is 0 Å². The Labute approximate surface area is 359 Å². The average Bonchev–Trinajstić information content (AvgIpc) is 3.97. The molecule has 8 rings (SSSR count). The molecule has 0 amide bonds. The van der Waals surface area contributed by atoms with E-state index in [4.69, 9.17) is 43.4 Å². The number of halogens is 4. The fraction of sp³-hybridized carbons (Fsp3) is 0.381. The number of likely N-dealkylation sites (tertiary alicyclic amines) is 2. The quantitative estimate of drug-likeness (QED) is 0.229. The molecule has 13 heteroatoms. The van der Waals surface area contributed by atoms with Crippen LogP contribution in [0, 0.1) is 0 Å². The van der Waals surface area contributed by atoms with Crippen LogP contribution in [0.15, 0.2) is 97.1 Å². The van der Waals surface area contributed by atoms with Crippen molar-refractivity contribution in [2.75, 3.05) is 39.4 Å². The first-order valence-corrected chi connectivity index (χ1v) is 19.2. The van der Waals surface area contributed by atoms with Crippen molar-refractivity contribution in [1.29, 1.82) is 0 Å². The van der Waals surface area contributed by atoms with Crippen molar-refractivity contribution in [3.63, 3.8) is 0 Å². The van der Waals surface area contributed by atoms with Crippen LogP contribution in [0.25, 0.3) is 22.1 Å². The number of para-hydroxylation sites is 4. The van der Waals surface area contributed by atoms with Gasteiger partial charge in [-0.1, -0.05) is 71.7 Å². The Kier molecular flexibility index (Phi) is 22.5. The molecule has 0 spiro atoms. The van der Waals surface area contributed by atoms with Crippen LogP contribution in [0.1, 0.15) is 62.3 Å². The van der Waals surface area contributed by atoms with Crippen LogP contribution in [0.5, 0.6) is 0 Å². The molecular formula is C42H52Cl4CuN6O2. The van der Waals surface area contributed by atoms with Gasteiger partial charge in [-0.25, -0.2) is 9.97 Å². The Morgan fingerprint density at radius 2 is 0.818 bits per heavy atom. The van der Waals surface area contributed by atoms with Crippen molar-refractivity contribution in [3.8, 4) is 0 Å². The molecule has 0 aliphatic carbocycles. The Morgan fingerprint density at radius 1 is 0.509 bits per heavy atom. The van der Waals surface area contributed by atoms with Gasteiger partial charge in [0.2, 0.25) is 0 Å². The van der Waals surface area contributed by atoms with Crippen LogP contribution >= 0.6 is 23.2 Å². The summed E-state index contributed by atoms with van der Waals surface area (Å²) in [6, 6.07) is 33.0. The van der Waals surface area contributed by atoms with Gasteiger partial charge in [0.1, 0.15) is 11.6 Å². The smallest absolute Gasteiger partial charge is 1.00 e. The maximum Gasteiger partial charge on any atom is 2.00 e. The molecule has 2 aromatic heterocycles. The fourth-order valence-electron chi connectivity index (χ4n) is 6.67. The number of aliphatic hydroxyl groups excluding tert-OH is 2. The maximum atomic E-state index is 7.57. The topological polar surface area (TPSA) is 82.6 Å². The number of hydrogen-bond donors (Lipinski definition) is 2. The van der Waals surface area contributed by atoms with Gasteiger partial charge in [-0.05, 0) is 125 Å². The van der Waals surface area contributed by atoms with Crippen molar-refractivity contribution in [2.45, 2.75) is 65.7 Å². The average molecular weight is 878 g/mol. The number of benzene rings is 4. The third-order valence-electron chi connectivity index (χ3n) is 9.10. The second-order valence-electron chi connectivity index (χ2n) is 13.1. The Morgan fingerprint density at radius 3 is 1.15 bits per heavy atom.